The summed E-state index contributed by atoms with van der Waals surface area (Å²) in [5, 5.41) is 2.95. The summed E-state index contributed by atoms with van der Waals surface area (Å²) in [5.41, 5.74) is 0.0965. The average Bonchev–Trinajstić information content (AvgIpc) is 2.96. The van der Waals surface area contributed by atoms with Crippen molar-refractivity contribution in [1.29, 1.82) is 0 Å². The minimum Gasteiger partial charge on any atom is -0.342 e. The van der Waals surface area contributed by atoms with Gasteiger partial charge in [-0.05, 0) is 31.0 Å². The number of nitrogens with zero attached hydrogens (tertiary/aromatic N) is 3. The molecule has 0 atom stereocenters. The zero-order valence-electron chi connectivity index (χ0n) is 16.1. The van der Waals surface area contributed by atoms with Gasteiger partial charge in [-0.25, -0.2) is 4.39 Å². The van der Waals surface area contributed by atoms with Crippen molar-refractivity contribution in [1.82, 2.24) is 14.7 Å². The fourth-order valence-electron chi connectivity index (χ4n) is 3.70. The van der Waals surface area contributed by atoms with Crippen molar-refractivity contribution in [2.75, 3.05) is 57.7 Å². The van der Waals surface area contributed by atoms with E-state index in [1.54, 1.807) is 0 Å². The highest BCUT2D eigenvalue weighted by molar-refractivity contribution is 6.30. The molecule has 3 rings (SSSR count). The van der Waals surface area contributed by atoms with Gasteiger partial charge in [0.05, 0.1) is 18.8 Å². The zero-order valence-corrected chi connectivity index (χ0v) is 16.9. The van der Waals surface area contributed by atoms with Crippen LogP contribution >= 0.6 is 11.6 Å². The van der Waals surface area contributed by atoms with E-state index in [0.29, 0.717) is 24.7 Å². The molecule has 2 fully saturated rings. The number of carbonyl (C=O) groups is 2. The lowest BCUT2D eigenvalue weighted by Gasteiger charge is -2.35. The Kier molecular flexibility index (Phi) is 7.65. The van der Waals surface area contributed by atoms with Crippen molar-refractivity contribution in [3.8, 4) is 0 Å². The Morgan fingerprint density at radius 1 is 0.929 bits per heavy atom. The summed E-state index contributed by atoms with van der Waals surface area (Å²) in [6.07, 6.45) is 4.62. The van der Waals surface area contributed by atoms with Gasteiger partial charge in [0.15, 0.2) is 0 Å². The van der Waals surface area contributed by atoms with E-state index in [1.165, 1.54) is 31.0 Å². The molecule has 28 heavy (non-hydrogen) atoms. The highest BCUT2D eigenvalue weighted by Crippen LogP contribution is 2.19. The normalized spacial score (nSPS) is 19.3. The van der Waals surface area contributed by atoms with E-state index in [9.17, 15) is 14.0 Å². The van der Waals surface area contributed by atoms with Gasteiger partial charge >= 0.3 is 0 Å². The van der Waals surface area contributed by atoms with E-state index < -0.39 is 5.82 Å². The molecular formula is C20H28ClFN4O2. The van der Waals surface area contributed by atoms with Crippen molar-refractivity contribution < 1.29 is 14.0 Å². The number of piperazine rings is 1. The fourth-order valence-corrected chi connectivity index (χ4v) is 3.88. The standard InChI is InChI=1S/C20H28ClFN4O2/c21-16-5-6-17(22)18(13-16)23-19(27)14-24-9-11-25(12-10-24)15-20(28)26-7-3-1-2-4-8-26/h5-6,13H,1-4,7-12,14-15H2,(H,23,27). The minimum atomic E-state index is -0.505. The Hall–Kier alpha value is -1.70. The first kappa shape index (κ1) is 21.0. The third kappa shape index (κ3) is 6.15. The Labute approximate surface area is 170 Å². The fraction of sp³-hybridized carbons (Fsp3) is 0.600. The molecular weight excluding hydrogens is 383 g/mol. The summed E-state index contributed by atoms with van der Waals surface area (Å²) in [7, 11) is 0. The summed E-state index contributed by atoms with van der Waals surface area (Å²) >= 11 is 5.85. The van der Waals surface area contributed by atoms with Gasteiger partial charge < -0.3 is 10.2 Å². The van der Waals surface area contributed by atoms with E-state index in [-0.39, 0.29) is 24.0 Å². The molecule has 1 N–H and O–H groups in total. The second-order valence-electron chi connectivity index (χ2n) is 7.52. The molecule has 0 radical (unpaired) electrons. The highest BCUT2D eigenvalue weighted by atomic mass is 35.5. The number of hydrogen-bond donors (Lipinski definition) is 1. The number of carbonyl (C=O) groups excluding carboxylic acids is 2. The maximum absolute atomic E-state index is 13.7. The van der Waals surface area contributed by atoms with Crippen LogP contribution < -0.4 is 5.32 Å². The molecule has 2 heterocycles. The lowest BCUT2D eigenvalue weighted by Crippen LogP contribution is -2.51. The predicted octanol–water partition coefficient (Wildman–Crippen LogP) is 2.44. The molecule has 2 saturated heterocycles. The lowest BCUT2D eigenvalue weighted by molar-refractivity contribution is -0.133. The van der Waals surface area contributed by atoms with E-state index in [1.807, 2.05) is 9.80 Å². The Bertz CT molecular complexity index is 687. The first-order valence-electron chi connectivity index (χ1n) is 9.98. The number of rotatable bonds is 5. The second-order valence-corrected chi connectivity index (χ2v) is 7.96. The molecule has 8 heteroatoms. The molecule has 0 aliphatic carbocycles. The van der Waals surface area contributed by atoms with Crippen molar-refractivity contribution in [3.63, 3.8) is 0 Å². The van der Waals surface area contributed by atoms with E-state index >= 15 is 0 Å². The molecule has 6 nitrogen and oxygen atoms in total. The Morgan fingerprint density at radius 3 is 2.18 bits per heavy atom. The molecule has 2 aliphatic heterocycles. The van der Waals surface area contributed by atoms with Gasteiger partial charge in [-0.2, -0.15) is 0 Å². The van der Waals surface area contributed by atoms with Gasteiger partial charge in [0, 0.05) is 44.3 Å². The maximum atomic E-state index is 13.7. The molecule has 0 saturated carbocycles. The first-order chi connectivity index (χ1) is 13.5. The van der Waals surface area contributed by atoms with E-state index in [0.717, 1.165) is 39.0 Å². The lowest BCUT2D eigenvalue weighted by atomic mass is 10.2. The Morgan fingerprint density at radius 2 is 1.54 bits per heavy atom. The number of nitrogens with one attached hydrogen (secondary N) is 1. The number of likely N-dealkylation sites (tertiary alicyclic amines) is 1. The monoisotopic (exact) mass is 410 g/mol. The first-order valence-corrected chi connectivity index (χ1v) is 10.4. The number of hydrogen-bond acceptors (Lipinski definition) is 4. The molecule has 1 aromatic rings. The number of anilines is 1. The zero-order chi connectivity index (χ0) is 19.9. The SMILES string of the molecule is O=C(CN1CCN(CC(=O)N2CCCCCC2)CC1)Nc1cc(Cl)ccc1F. The molecule has 1 aromatic carbocycles. The van der Waals surface area contributed by atoms with Gasteiger partial charge in [-0.1, -0.05) is 24.4 Å². The summed E-state index contributed by atoms with van der Waals surface area (Å²) in [5.74, 6) is -0.561. The van der Waals surface area contributed by atoms with Crippen LogP contribution in [0.2, 0.25) is 5.02 Å². The molecule has 0 spiro atoms. The van der Waals surface area contributed by atoms with Crippen molar-refractivity contribution in [2.24, 2.45) is 0 Å². The van der Waals surface area contributed by atoms with Gasteiger partial charge in [0.25, 0.3) is 0 Å². The summed E-state index contributed by atoms with van der Waals surface area (Å²) in [6, 6.07) is 4.08. The van der Waals surface area contributed by atoms with Gasteiger partial charge in [0.2, 0.25) is 11.8 Å². The van der Waals surface area contributed by atoms with Crippen LogP contribution in [-0.2, 0) is 9.59 Å². The van der Waals surface area contributed by atoms with E-state index in [4.69, 9.17) is 11.6 Å². The summed E-state index contributed by atoms with van der Waals surface area (Å²) in [6.45, 7) is 5.31. The third-order valence-electron chi connectivity index (χ3n) is 5.35. The largest absolute Gasteiger partial charge is 0.342 e. The molecule has 0 bridgehead atoms. The van der Waals surface area contributed by atoms with Gasteiger partial charge in [0.1, 0.15) is 5.82 Å². The molecule has 0 unspecified atom stereocenters. The molecule has 2 amide bonds. The topological polar surface area (TPSA) is 55.9 Å². The van der Waals surface area contributed by atoms with Crippen molar-refractivity contribution in [3.05, 3.63) is 29.0 Å². The van der Waals surface area contributed by atoms with Crippen LogP contribution in [0.25, 0.3) is 0 Å². The van der Waals surface area contributed by atoms with Crippen LogP contribution in [0.1, 0.15) is 25.7 Å². The van der Waals surface area contributed by atoms with E-state index in [2.05, 4.69) is 10.2 Å². The minimum absolute atomic E-state index is 0.0965. The molecule has 2 aliphatic rings. The van der Waals surface area contributed by atoms with Crippen LogP contribution in [-0.4, -0.2) is 78.9 Å². The van der Waals surface area contributed by atoms with Crippen LogP contribution in [0.3, 0.4) is 0 Å². The van der Waals surface area contributed by atoms with Crippen LogP contribution in [0.5, 0.6) is 0 Å². The van der Waals surface area contributed by atoms with Crippen LogP contribution in [0, 0.1) is 5.82 Å². The molecule has 0 aromatic heterocycles. The average molecular weight is 411 g/mol. The van der Waals surface area contributed by atoms with Gasteiger partial charge in [-0.3, -0.25) is 19.4 Å². The molecule has 154 valence electrons. The number of amides is 2. The second kappa shape index (κ2) is 10.2. The number of halogens is 2. The predicted molar refractivity (Wildman–Crippen MR) is 108 cm³/mol. The smallest absolute Gasteiger partial charge is 0.238 e. The maximum Gasteiger partial charge on any atom is 0.238 e. The third-order valence-corrected chi connectivity index (χ3v) is 5.59. The Balaban J connectivity index is 1.40. The summed E-state index contributed by atoms with van der Waals surface area (Å²) in [4.78, 5) is 30.9. The van der Waals surface area contributed by atoms with Crippen LogP contribution in [0.15, 0.2) is 18.2 Å². The van der Waals surface area contributed by atoms with Crippen molar-refractivity contribution in [2.45, 2.75) is 25.7 Å². The quantitative estimate of drug-likeness (QED) is 0.810. The van der Waals surface area contributed by atoms with Gasteiger partial charge in [-0.15, -0.1) is 0 Å². The summed E-state index contributed by atoms with van der Waals surface area (Å²) < 4.78 is 13.7. The van der Waals surface area contributed by atoms with Crippen molar-refractivity contribution >= 4 is 29.1 Å². The van der Waals surface area contributed by atoms with Crippen LogP contribution in [0.4, 0.5) is 10.1 Å². The highest BCUT2D eigenvalue weighted by Gasteiger charge is 2.23. The number of benzene rings is 1.